The largest absolute Gasteiger partial charge is 0.463 e. The summed E-state index contributed by atoms with van der Waals surface area (Å²) < 4.78 is 45.7. The first-order valence-corrected chi connectivity index (χ1v) is 14.4. The molecule has 1 fully saturated rings. The quantitative estimate of drug-likeness (QED) is 0.139. The molecular formula is C33H34F3N3O5. The van der Waals surface area contributed by atoms with E-state index in [2.05, 4.69) is 15.6 Å². The van der Waals surface area contributed by atoms with Crippen molar-refractivity contribution in [1.29, 1.82) is 0 Å². The third-order valence-electron chi connectivity index (χ3n) is 7.42. The summed E-state index contributed by atoms with van der Waals surface area (Å²) in [4.78, 5) is 54.1. The number of carbonyl (C=O) groups excluding carboxylic acids is 4. The van der Waals surface area contributed by atoms with Crippen LogP contribution in [0, 0.1) is 11.8 Å². The van der Waals surface area contributed by atoms with Gasteiger partial charge in [0.1, 0.15) is 0 Å². The Morgan fingerprint density at radius 2 is 1.77 bits per heavy atom. The molecule has 1 aliphatic heterocycles. The number of hydrogen-bond donors (Lipinski definition) is 3. The van der Waals surface area contributed by atoms with Gasteiger partial charge in [0.25, 0.3) is 0 Å². The van der Waals surface area contributed by atoms with E-state index in [1.807, 2.05) is 30.3 Å². The lowest BCUT2D eigenvalue weighted by atomic mass is 9.91. The highest BCUT2D eigenvalue weighted by atomic mass is 19.4. The molecule has 8 nitrogen and oxygen atoms in total. The van der Waals surface area contributed by atoms with Gasteiger partial charge in [-0.05, 0) is 49.9 Å². The number of amides is 2. The van der Waals surface area contributed by atoms with Gasteiger partial charge < -0.3 is 20.4 Å². The molecule has 44 heavy (non-hydrogen) atoms. The molecule has 3 N–H and O–H groups in total. The average Bonchev–Trinajstić information content (AvgIpc) is 3.65. The number of benzene rings is 2. The zero-order chi connectivity index (χ0) is 31.7. The number of H-pyrrole nitrogens is 1. The first-order chi connectivity index (χ1) is 21.0. The summed E-state index contributed by atoms with van der Waals surface area (Å²) in [5.41, 5.74) is 0.0823. The van der Waals surface area contributed by atoms with Crippen LogP contribution in [0.5, 0.6) is 0 Å². The molecule has 0 bridgehead atoms. The number of aromatic nitrogens is 1. The Kier molecular flexibility index (Phi) is 10.8. The summed E-state index contributed by atoms with van der Waals surface area (Å²) in [6.45, 7) is 2.36. The van der Waals surface area contributed by atoms with E-state index < -0.39 is 41.4 Å². The molecule has 2 heterocycles. The number of aromatic amines is 1. The van der Waals surface area contributed by atoms with E-state index in [1.165, 1.54) is 42.5 Å². The molecule has 0 spiro atoms. The molecule has 4 rings (SSSR count). The number of halogens is 3. The Balaban J connectivity index is 1.55. The maximum atomic E-state index is 13.7. The Morgan fingerprint density at radius 1 is 1.05 bits per heavy atom. The van der Waals surface area contributed by atoms with Gasteiger partial charge in [-0.1, -0.05) is 54.6 Å². The third-order valence-corrected chi connectivity index (χ3v) is 7.42. The van der Waals surface area contributed by atoms with E-state index in [0.29, 0.717) is 13.0 Å². The van der Waals surface area contributed by atoms with Crippen LogP contribution in [-0.4, -0.2) is 47.7 Å². The van der Waals surface area contributed by atoms with Crippen LogP contribution in [0.25, 0.3) is 11.3 Å². The van der Waals surface area contributed by atoms with Crippen LogP contribution < -0.4 is 10.6 Å². The molecule has 1 aromatic heterocycles. The minimum absolute atomic E-state index is 0.0734. The van der Waals surface area contributed by atoms with E-state index >= 15 is 0 Å². The van der Waals surface area contributed by atoms with Crippen LogP contribution in [0.4, 0.5) is 13.2 Å². The van der Waals surface area contributed by atoms with Gasteiger partial charge in [0.2, 0.25) is 11.8 Å². The number of esters is 1. The number of Topliss-reactive ketones (excluding diaryl/α,β-unsaturated/α-hetero) is 1. The van der Waals surface area contributed by atoms with Crippen molar-refractivity contribution in [1.82, 2.24) is 15.6 Å². The second-order valence-corrected chi connectivity index (χ2v) is 10.6. The van der Waals surface area contributed by atoms with Crippen LogP contribution in [0.1, 0.15) is 47.8 Å². The van der Waals surface area contributed by atoms with Crippen molar-refractivity contribution in [3.8, 4) is 11.3 Å². The van der Waals surface area contributed by atoms with Crippen LogP contribution >= 0.6 is 0 Å². The minimum Gasteiger partial charge on any atom is -0.463 e. The van der Waals surface area contributed by atoms with Gasteiger partial charge in [0.05, 0.1) is 17.9 Å². The standard InChI is InChI=1S/C33H34F3N3O5/c1-2-44-30(41)15-12-24(19-22-16-17-37-31(22)42)38-32(43)23(18-21-8-4-3-5-9-21)20-29(40)28-14-13-27(39-28)25-10-6-7-11-26(25)33(34,35)36/h3-15,22-24,39H,2,16-20H2,1H3,(H,37,42)(H,38,43)/t22-,23+,24+/m0/s1. The average molecular weight is 610 g/mol. The predicted molar refractivity (Wildman–Crippen MR) is 157 cm³/mol. The van der Waals surface area contributed by atoms with Crippen molar-refractivity contribution in [2.24, 2.45) is 11.8 Å². The first-order valence-electron chi connectivity index (χ1n) is 14.4. The SMILES string of the molecule is CCOC(=O)C=C[C@H](C[C@@H]1CCNC1=O)NC(=O)[C@@H](CC(=O)c1ccc(-c2ccccc2C(F)(F)F)[nH]1)Cc1ccccc1. The van der Waals surface area contributed by atoms with Crippen molar-refractivity contribution in [3.63, 3.8) is 0 Å². The van der Waals surface area contributed by atoms with Gasteiger partial charge in [-0.2, -0.15) is 13.2 Å². The van der Waals surface area contributed by atoms with Crippen LogP contribution in [0.2, 0.25) is 0 Å². The molecule has 11 heteroatoms. The topological polar surface area (TPSA) is 117 Å². The number of carbonyl (C=O) groups is 4. The van der Waals surface area contributed by atoms with Gasteiger partial charge in [-0.15, -0.1) is 0 Å². The number of rotatable bonds is 13. The van der Waals surface area contributed by atoms with E-state index in [-0.39, 0.29) is 54.6 Å². The number of hydrogen-bond acceptors (Lipinski definition) is 5. The van der Waals surface area contributed by atoms with E-state index in [1.54, 1.807) is 6.92 Å². The van der Waals surface area contributed by atoms with E-state index in [0.717, 1.165) is 11.6 Å². The van der Waals surface area contributed by atoms with Crippen molar-refractivity contribution in [2.75, 3.05) is 13.2 Å². The molecule has 2 amide bonds. The zero-order valence-electron chi connectivity index (χ0n) is 24.2. The van der Waals surface area contributed by atoms with Gasteiger partial charge in [-0.25, -0.2) is 4.79 Å². The lowest BCUT2D eigenvalue weighted by Gasteiger charge is -2.22. The molecule has 0 aliphatic carbocycles. The fourth-order valence-corrected chi connectivity index (χ4v) is 5.22. The maximum Gasteiger partial charge on any atom is 0.417 e. The Labute approximate surface area is 253 Å². The van der Waals surface area contributed by atoms with Crippen molar-refractivity contribution in [3.05, 3.63) is 95.7 Å². The molecule has 232 valence electrons. The Hall–Kier alpha value is -4.67. The summed E-state index contributed by atoms with van der Waals surface area (Å²) in [6, 6.07) is 16.3. The molecule has 1 saturated heterocycles. The molecule has 3 aromatic rings. The maximum absolute atomic E-state index is 13.7. The number of ketones is 1. The lowest BCUT2D eigenvalue weighted by molar-refractivity contribution is -0.138. The van der Waals surface area contributed by atoms with Crippen LogP contribution in [0.15, 0.2) is 78.9 Å². The molecule has 1 aliphatic rings. The normalized spacial score (nSPS) is 16.4. The van der Waals surface area contributed by atoms with Gasteiger partial charge >= 0.3 is 12.1 Å². The summed E-state index contributed by atoms with van der Waals surface area (Å²) in [5, 5.41) is 5.65. The van der Waals surface area contributed by atoms with E-state index in [4.69, 9.17) is 4.74 Å². The predicted octanol–water partition coefficient (Wildman–Crippen LogP) is 5.26. The number of ether oxygens (including phenoxy) is 1. The molecule has 0 unspecified atom stereocenters. The first kappa shape index (κ1) is 32.2. The smallest absolute Gasteiger partial charge is 0.417 e. The van der Waals surface area contributed by atoms with Gasteiger partial charge in [0.15, 0.2) is 5.78 Å². The highest BCUT2D eigenvalue weighted by molar-refractivity contribution is 5.98. The Bertz CT molecular complexity index is 1500. The van der Waals surface area contributed by atoms with Gasteiger partial charge in [-0.3, -0.25) is 14.4 Å². The van der Waals surface area contributed by atoms with Crippen molar-refractivity contribution >= 4 is 23.6 Å². The highest BCUT2D eigenvalue weighted by Crippen LogP contribution is 2.36. The fraction of sp³-hybridized carbons (Fsp3) is 0.333. The number of nitrogens with one attached hydrogen (secondary N) is 3. The van der Waals surface area contributed by atoms with Gasteiger partial charge in [0, 0.05) is 48.2 Å². The zero-order valence-corrected chi connectivity index (χ0v) is 24.2. The molecule has 0 saturated carbocycles. The lowest BCUT2D eigenvalue weighted by Crippen LogP contribution is -2.41. The van der Waals surface area contributed by atoms with Crippen LogP contribution in [0.3, 0.4) is 0 Å². The second-order valence-electron chi connectivity index (χ2n) is 10.6. The molecule has 3 atom stereocenters. The van der Waals surface area contributed by atoms with Crippen molar-refractivity contribution < 1.29 is 37.1 Å². The second kappa shape index (κ2) is 14.7. The Morgan fingerprint density at radius 3 is 2.45 bits per heavy atom. The summed E-state index contributed by atoms with van der Waals surface area (Å²) >= 11 is 0. The summed E-state index contributed by atoms with van der Waals surface area (Å²) in [6.07, 6.45) is -1.09. The minimum atomic E-state index is -4.58. The molecular weight excluding hydrogens is 575 g/mol. The highest BCUT2D eigenvalue weighted by Gasteiger charge is 2.34. The number of alkyl halides is 3. The summed E-state index contributed by atoms with van der Waals surface area (Å²) in [5.74, 6) is -2.86. The third kappa shape index (κ3) is 8.68. The monoisotopic (exact) mass is 609 g/mol. The summed E-state index contributed by atoms with van der Waals surface area (Å²) in [7, 11) is 0. The molecule has 2 aromatic carbocycles. The van der Waals surface area contributed by atoms with E-state index in [9.17, 15) is 32.3 Å². The van der Waals surface area contributed by atoms with Crippen LogP contribution in [-0.2, 0) is 31.7 Å². The fourth-order valence-electron chi connectivity index (χ4n) is 5.22. The molecule has 0 radical (unpaired) electrons. The van der Waals surface area contributed by atoms with Crippen molar-refractivity contribution in [2.45, 2.75) is 44.8 Å².